The van der Waals surface area contributed by atoms with E-state index in [0.717, 1.165) is 54.7 Å². The second kappa shape index (κ2) is 15.6. The number of hydrogen-bond donors (Lipinski definition) is 4. The van der Waals surface area contributed by atoms with Gasteiger partial charge in [0.1, 0.15) is 11.8 Å². The molecule has 0 aromatic heterocycles. The number of nitrogens with two attached hydrogens (primary N) is 1. The number of aliphatic hydroxyl groups is 1. The van der Waals surface area contributed by atoms with E-state index >= 15 is 0 Å². The molecule has 5 N–H and O–H groups in total. The van der Waals surface area contributed by atoms with Crippen LogP contribution in [0.2, 0.25) is 0 Å². The fourth-order valence-electron chi connectivity index (χ4n) is 9.89. The summed E-state index contributed by atoms with van der Waals surface area (Å²) in [4.78, 5) is 38.7. The van der Waals surface area contributed by atoms with Crippen molar-refractivity contribution in [1.29, 1.82) is 0 Å². The molecule has 11 nitrogen and oxygen atoms in total. The number of para-hydroxylation sites is 1. The first kappa shape index (κ1) is 38.5. The minimum atomic E-state index is -0.810. The van der Waals surface area contributed by atoms with E-state index in [-0.39, 0.29) is 30.9 Å². The van der Waals surface area contributed by atoms with E-state index in [2.05, 4.69) is 49.3 Å². The van der Waals surface area contributed by atoms with Crippen molar-refractivity contribution in [3.63, 3.8) is 0 Å². The van der Waals surface area contributed by atoms with Crippen molar-refractivity contribution in [3.8, 4) is 16.9 Å². The molecule has 2 aliphatic heterocycles. The summed E-state index contributed by atoms with van der Waals surface area (Å²) in [5.74, 6) is 1.43. The molecule has 52 heavy (non-hydrogen) atoms. The zero-order valence-electron chi connectivity index (χ0n) is 32.5. The van der Waals surface area contributed by atoms with Gasteiger partial charge in [0, 0.05) is 67.6 Å². The molecule has 2 aromatic rings. The summed E-state index contributed by atoms with van der Waals surface area (Å²) in [5, 5.41) is 19.3. The SMILES string of the molecule is CCN1CCC[C@@H]1CNC(=O)c1cc(-c2cccc(CN3O[C@@H](CN)[C@@H]([C@H](C)O)[C@H]3C(=O)N[C@H]3C[C@H]4C[C@H]([C@@H]3C)C4(C)C)c2OC)cc(N(C)C)c1. The van der Waals surface area contributed by atoms with Crippen LogP contribution < -0.4 is 26.0 Å². The number of nitrogens with one attached hydrogen (secondary N) is 2. The van der Waals surface area contributed by atoms with E-state index in [4.69, 9.17) is 15.3 Å². The standard InChI is InChI=1S/C41H62N6O5/c1-9-46-15-11-13-30(46)22-43-39(49)28-16-27(17-31(18-28)45(6)7)32-14-10-12-26(38(32)51-8)23-47-37(36(25(3)48)35(21-42)52-47)40(50)44-34-20-29-19-33(24(34)2)41(29,4)5/h10,12,14,16-18,24-25,29-30,33-37,48H,9,11,13,15,19-23,42H2,1-8H3,(H,43,49)(H,44,50)/t24-,25-,29+,30+,33+,34-,35-,36+,37-/m0/s1. The molecule has 5 fully saturated rings. The number of methoxy groups -OCH3 is 1. The van der Waals surface area contributed by atoms with Crippen LogP contribution in [0.4, 0.5) is 5.69 Å². The Hall–Kier alpha value is -3.22. The molecular weight excluding hydrogens is 656 g/mol. The molecule has 9 atom stereocenters. The number of hydrogen-bond acceptors (Lipinski definition) is 9. The van der Waals surface area contributed by atoms with Gasteiger partial charge in [0.2, 0.25) is 5.91 Å². The Morgan fingerprint density at radius 3 is 2.60 bits per heavy atom. The maximum absolute atomic E-state index is 14.3. The Balaban J connectivity index is 1.27. The predicted molar refractivity (Wildman–Crippen MR) is 205 cm³/mol. The van der Waals surface area contributed by atoms with Gasteiger partial charge in [-0.15, -0.1) is 0 Å². The molecule has 5 aliphatic rings. The Kier molecular flexibility index (Phi) is 11.6. The summed E-state index contributed by atoms with van der Waals surface area (Å²) in [5.41, 5.74) is 10.5. The molecule has 11 heteroatoms. The number of anilines is 1. The number of benzene rings is 2. The number of amides is 2. The maximum atomic E-state index is 14.3. The molecule has 3 aliphatic carbocycles. The van der Waals surface area contributed by atoms with Gasteiger partial charge in [0.05, 0.1) is 25.9 Å². The van der Waals surface area contributed by atoms with Gasteiger partial charge in [-0.25, -0.2) is 0 Å². The molecule has 7 rings (SSSR count). The molecule has 2 heterocycles. The third-order valence-electron chi connectivity index (χ3n) is 13.2. The highest BCUT2D eigenvalue weighted by atomic mass is 16.7. The fraction of sp³-hybridized carbons (Fsp3) is 0.659. The van der Waals surface area contributed by atoms with Crippen molar-refractivity contribution in [1.82, 2.24) is 20.6 Å². The van der Waals surface area contributed by atoms with Gasteiger partial charge in [0.15, 0.2) is 0 Å². The van der Waals surface area contributed by atoms with Gasteiger partial charge in [-0.3, -0.25) is 19.3 Å². The average molecular weight is 719 g/mol. The molecule has 0 spiro atoms. The van der Waals surface area contributed by atoms with Gasteiger partial charge in [-0.05, 0) is 92.6 Å². The molecule has 2 saturated heterocycles. The van der Waals surface area contributed by atoms with Crippen LogP contribution in [-0.4, -0.2) is 105 Å². The summed E-state index contributed by atoms with van der Waals surface area (Å²) in [6.07, 6.45) is 3.10. The van der Waals surface area contributed by atoms with Crippen molar-refractivity contribution in [2.24, 2.45) is 34.8 Å². The van der Waals surface area contributed by atoms with E-state index in [1.165, 1.54) is 6.42 Å². The van der Waals surface area contributed by atoms with Crippen LogP contribution in [0, 0.1) is 29.1 Å². The van der Waals surface area contributed by atoms with Crippen molar-refractivity contribution in [2.45, 2.75) is 97.2 Å². The predicted octanol–water partition coefficient (Wildman–Crippen LogP) is 4.27. The normalized spacial score (nSPS) is 30.4. The average Bonchev–Trinajstić information content (AvgIpc) is 3.75. The quantitative estimate of drug-likeness (QED) is 0.240. The number of hydroxylamine groups is 2. The molecule has 2 amide bonds. The molecule has 286 valence electrons. The maximum Gasteiger partial charge on any atom is 0.251 e. The third kappa shape index (κ3) is 7.31. The highest BCUT2D eigenvalue weighted by Gasteiger charge is 2.57. The Morgan fingerprint density at radius 1 is 1.19 bits per heavy atom. The van der Waals surface area contributed by atoms with E-state index in [1.54, 1.807) is 19.1 Å². The second-order valence-corrected chi connectivity index (χ2v) is 16.6. The fourth-order valence-corrected chi connectivity index (χ4v) is 9.89. The van der Waals surface area contributed by atoms with E-state index < -0.39 is 24.2 Å². The zero-order valence-corrected chi connectivity index (χ0v) is 32.5. The van der Waals surface area contributed by atoms with Crippen LogP contribution >= 0.6 is 0 Å². The van der Waals surface area contributed by atoms with Gasteiger partial charge in [-0.2, -0.15) is 5.06 Å². The number of rotatable bonds is 13. The van der Waals surface area contributed by atoms with Crippen molar-refractivity contribution in [3.05, 3.63) is 47.5 Å². The highest BCUT2D eigenvalue weighted by Crippen LogP contribution is 2.61. The summed E-state index contributed by atoms with van der Waals surface area (Å²) in [7, 11) is 5.57. The molecule has 0 unspecified atom stereocenters. The number of carbonyl (C=O) groups excluding carboxylic acids is 2. The summed E-state index contributed by atoms with van der Waals surface area (Å²) >= 11 is 0. The van der Waals surface area contributed by atoms with Crippen LogP contribution in [0.3, 0.4) is 0 Å². The van der Waals surface area contributed by atoms with Crippen molar-refractivity contribution < 1.29 is 24.3 Å². The number of ether oxygens (including phenoxy) is 1. The van der Waals surface area contributed by atoms with E-state index in [9.17, 15) is 14.7 Å². The van der Waals surface area contributed by atoms with Crippen LogP contribution in [-0.2, 0) is 16.2 Å². The highest BCUT2D eigenvalue weighted by molar-refractivity contribution is 5.97. The second-order valence-electron chi connectivity index (χ2n) is 16.6. The van der Waals surface area contributed by atoms with Crippen molar-refractivity contribution in [2.75, 3.05) is 52.3 Å². The van der Waals surface area contributed by atoms with Crippen LogP contribution in [0.5, 0.6) is 5.75 Å². The molecule has 2 aromatic carbocycles. The monoisotopic (exact) mass is 718 g/mol. The van der Waals surface area contributed by atoms with Gasteiger partial charge < -0.3 is 31.1 Å². The third-order valence-corrected chi connectivity index (χ3v) is 13.2. The summed E-state index contributed by atoms with van der Waals surface area (Å²) in [6, 6.07) is 11.5. The van der Waals surface area contributed by atoms with Crippen LogP contribution in [0.1, 0.15) is 76.2 Å². The first-order valence-electron chi connectivity index (χ1n) is 19.4. The Morgan fingerprint density at radius 2 is 1.96 bits per heavy atom. The Labute approximate surface area is 310 Å². The molecular formula is C41H62N6O5. The number of likely N-dealkylation sites (N-methyl/N-ethyl adjacent to an activating group) is 1. The summed E-state index contributed by atoms with van der Waals surface area (Å²) < 4.78 is 6.10. The number of carbonyl (C=O) groups is 2. The lowest BCUT2D eigenvalue weighted by Crippen LogP contribution is -2.62. The lowest BCUT2D eigenvalue weighted by Gasteiger charge is -2.62. The van der Waals surface area contributed by atoms with E-state index in [0.29, 0.717) is 47.1 Å². The number of aliphatic hydroxyl groups excluding tert-OH is 1. The van der Waals surface area contributed by atoms with Crippen LogP contribution in [0.25, 0.3) is 11.1 Å². The smallest absolute Gasteiger partial charge is 0.251 e. The summed E-state index contributed by atoms with van der Waals surface area (Å²) in [6.45, 7) is 13.9. The van der Waals surface area contributed by atoms with Gasteiger partial charge in [0.25, 0.3) is 5.91 Å². The lowest BCUT2D eigenvalue weighted by molar-refractivity contribution is -0.175. The molecule has 3 saturated carbocycles. The minimum absolute atomic E-state index is 0.0784. The molecule has 0 radical (unpaired) electrons. The van der Waals surface area contributed by atoms with E-state index in [1.807, 2.05) is 49.3 Å². The number of nitrogens with zero attached hydrogens (tertiary/aromatic N) is 3. The minimum Gasteiger partial charge on any atom is -0.496 e. The zero-order chi connectivity index (χ0) is 37.5. The Bertz CT molecular complexity index is 1600. The number of likely N-dealkylation sites (tertiary alicyclic amines) is 1. The van der Waals surface area contributed by atoms with Crippen molar-refractivity contribution >= 4 is 17.5 Å². The van der Waals surface area contributed by atoms with Crippen LogP contribution in [0.15, 0.2) is 36.4 Å². The molecule has 2 bridgehead atoms. The van der Waals surface area contributed by atoms with Gasteiger partial charge >= 0.3 is 0 Å². The number of fused-ring (bicyclic) bond motifs is 2. The largest absolute Gasteiger partial charge is 0.496 e. The first-order valence-corrected chi connectivity index (χ1v) is 19.4. The topological polar surface area (TPSA) is 133 Å². The first-order chi connectivity index (χ1) is 24.8. The lowest BCUT2D eigenvalue weighted by atomic mass is 9.45. The van der Waals surface area contributed by atoms with Gasteiger partial charge in [-0.1, -0.05) is 45.9 Å².